The van der Waals surface area contributed by atoms with Gasteiger partial charge in [-0.2, -0.15) is 5.10 Å². The molecular formula is C23H31N5O2. The standard InChI is InChI=1S/C23H31N5O2/c1-5-28-16(3)18(15(2)25-28)11-12-24-22(29)17-9-10-19-21(14-17)26(4)23(30)20-8-6-7-13-27(19)20/h9-10,14,20H,5-8,11-13H2,1-4H3,(H,24,29)/t20-/m0/s1. The van der Waals surface area contributed by atoms with Gasteiger partial charge in [0.05, 0.1) is 17.1 Å². The lowest BCUT2D eigenvalue weighted by atomic mass is 9.96. The van der Waals surface area contributed by atoms with Crippen LogP contribution in [0.15, 0.2) is 18.2 Å². The number of rotatable bonds is 5. The van der Waals surface area contributed by atoms with Crippen molar-refractivity contribution in [3.05, 3.63) is 40.7 Å². The minimum absolute atomic E-state index is 0.0635. The summed E-state index contributed by atoms with van der Waals surface area (Å²) in [6, 6.07) is 5.64. The van der Waals surface area contributed by atoms with Crippen LogP contribution in [-0.2, 0) is 17.8 Å². The predicted molar refractivity (Wildman–Crippen MR) is 118 cm³/mol. The molecule has 0 bridgehead atoms. The lowest BCUT2D eigenvalue weighted by Gasteiger charge is -2.44. The van der Waals surface area contributed by atoms with E-state index in [4.69, 9.17) is 0 Å². The second-order valence-corrected chi connectivity index (χ2v) is 8.28. The van der Waals surface area contributed by atoms with Crippen molar-refractivity contribution in [3.63, 3.8) is 0 Å². The number of nitrogens with zero attached hydrogens (tertiary/aromatic N) is 4. The summed E-state index contributed by atoms with van der Waals surface area (Å²) < 4.78 is 2.00. The zero-order valence-electron chi connectivity index (χ0n) is 18.4. The summed E-state index contributed by atoms with van der Waals surface area (Å²) in [5, 5.41) is 7.57. The topological polar surface area (TPSA) is 70.5 Å². The summed E-state index contributed by atoms with van der Waals surface area (Å²) in [7, 11) is 1.81. The van der Waals surface area contributed by atoms with Crippen LogP contribution in [0.2, 0.25) is 0 Å². The fourth-order valence-electron chi connectivity index (χ4n) is 4.80. The van der Waals surface area contributed by atoms with Gasteiger partial charge in [0.2, 0.25) is 5.91 Å². The zero-order chi connectivity index (χ0) is 21.4. The summed E-state index contributed by atoms with van der Waals surface area (Å²) >= 11 is 0. The molecule has 2 amide bonds. The second-order valence-electron chi connectivity index (χ2n) is 8.28. The Morgan fingerprint density at radius 1 is 1.23 bits per heavy atom. The first-order valence-electron chi connectivity index (χ1n) is 10.9. The molecule has 0 spiro atoms. The van der Waals surface area contributed by atoms with E-state index in [0.29, 0.717) is 12.1 Å². The average molecular weight is 410 g/mol. The number of aromatic nitrogens is 2. The number of likely N-dealkylation sites (N-methyl/N-ethyl adjacent to an activating group) is 1. The number of hydrogen-bond acceptors (Lipinski definition) is 4. The van der Waals surface area contributed by atoms with Crippen LogP contribution in [0.25, 0.3) is 0 Å². The molecule has 0 unspecified atom stereocenters. The third-order valence-corrected chi connectivity index (χ3v) is 6.52. The molecule has 2 aromatic rings. The zero-order valence-corrected chi connectivity index (χ0v) is 18.4. The Labute approximate surface area is 178 Å². The quantitative estimate of drug-likeness (QED) is 0.824. The number of carbonyl (C=O) groups is 2. The molecule has 7 heteroatoms. The smallest absolute Gasteiger partial charge is 0.251 e. The van der Waals surface area contributed by atoms with E-state index in [1.807, 2.05) is 36.9 Å². The van der Waals surface area contributed by atoms with Gasteiger partial charge in [0.1, 0.15) is 6.04 Å². The Morgan fingerprint density at radius 3 is 2.77 bits per heavy atom. The SMILES string of the molecule is CCn1nc(C)c(CCNC(=O)c2ccc3c(c2)N(C)C(=O)[C@@H]2CCCCN32)c1C. The van der Waals surface area contributed by atoms with Crippen LogP contribution in [0.1, 0.15) is 53.5 Å². The molecule has 1 N–H and O–H groups in total. The maximum Gasteiger partial charge on any atom is 0.251 e. The lowest BCUT2D eigenvalue weighted by Crippen LogP contribution is -2.54. The predicted octanol–water partition coefficient (Wildman–Crippen LogP) is 2.83. The highest BCUT2D eigenvalue weighted by Crippen LogP contribution is 2.39. The van der Waals surface area contributed by atoms with Crippen molar-refractivity contribution < 1.29 is 9.59 Å². The molecule has 3 heterocycles. The molecule has 30 heavy (non-hydrogen) atoms. The summed E-state index contributed by atoms with van der Waals surface area (Å²) in [5.41, 5.74) is 5.84. The molecule has 2 aliphatic heterocycles. The van der Waals surface area contributed by atoms with Gasteiger partial charge in [-0.25, -0.2) is 0 Å². The molecule has 2 aliphatic rings. The normalized spacial score (nSPS) is 18.3. The van der Waals surface area contributed by atoms with E-state index in [2.05, 4.69) is 29.2 Å². The Balaban J connectivity index is 1.47. The number of fused-ring (bicyclic) bond motifs is 3. The first-order chi connectivity index (χ1) is 14.4. The Kier molecular flexibility index (Phi) is 5.54. The molecule has 0 aliphatic carbocycles. The molecule has 7 nitrogen and oxygen atoms in total. The second kappa shape index (κ2) is 8.13. The van der Waals surface area contributed by atoms with Crippen LogP contribution in [0.4, 0.5) is 11.4 Å². The Morgan fingerprint density at radius 2 is 2.03 bits per heavy atom. The Hall–Kier alpha value is -2.83. The van der Waals surface area contributed by atoms with Gasteiger partial charge >= 0.3 is 0 Å². The molecule has 1 fully saturated rings. The summed E-state index contributed by atoms with van der Waals surface area (Å²) in [6.07, 6.45) is 3.84. The molecule has 0 saturated carbocycles. The van der Waals surface area contributed by atoms with Gasteiger partial charge in [0.15, 0.2) is 0 Å². The number of nitrogens with one attached hydrogen (secondary N) is 1. The number of anilines is 2. The summed E-state index contributed by atoms with van der Waals surface area (Å²) in [5.74, 6) is 0.0104. The highest BCUT2D eigenvalue weighted by atomic mass is 16.2. The highest BCUT2D eigenvalue weighted by Gasteiger charge is 2.38. The summed E-state index contributed by atoms with van der Waals surface area (Å²) in [6.45, 7) is 8.46. The molecule has 1 atom stereocenters. The minimum Gasteiger partial charge on any atom is -0.358 e. The molecule has 1 saturated heterocycles. The Bertz CT molecular complexity index is 980. The number of aryl methyl sites for hydroxylation is 2. The van der Waals surface area contributed by atoms with Gasteiger partial charge in [-0.3, -0.25) is 14.3 Å². The van der Waals surface area contributed by atoms with E-state index in [9.17, 15) is 9.59 Å². The summed E-state index contributed by atoms with van der Waals surface area (Å²) in [4.78, 5) is 29.5. The van der Waals surface area contributed by atoms with Crippen LogP contribution in [0, 0.1) is 13.8 Å². The molecular weight excluding hydrogens is 378 g/mol. The van der Waals surface area contributed by atoms with Crippen LogP contribution in [0.5, 0.6) is 0 Å². The first-order valence-corrected chi connectivity index (χ1v) is 10.9. The number of carbonyl (C=O) groups excluding carboxylic acids is 2. The van der Waals surface area contributed by atoms with Gasteiger partial charge in [-0.15, -0.1) is 0 Å². The third kappa shape index (κ3) is 3.46. The van der Waals surface area contributed by atoms with Crippen LogP contribution >= 0.6 is 0 Å². The minimum atomic E-state index is -0.113. The van der Waals surface area contributed by atoms with E-state index >= 15 is 0 Å². The fraction of sp³-hybridized carbons (Fsp3) is 0.522. The first kappa shape index (κ1) is 20.4. The monoisotopic (exact) mass is 409 g/mol. The number of amides is 2. The van der Waals surface area contributed by atoms with Crippen molar-refractivity contribution in [2.75, 3.05) is 29.9 Å². The van der Waals surface area contributed by atoms with Crippen molar-refractivity contribution in [3.8, 4) is 0 Å². The van der Waals surface area contributed by atoms with Crippen molar-refractivity contribution in [1.29, 1.82) is 0 Å². The number of benzene rings is 1. The molecule has 1 aromatic heterocycles. The molecule has 0 radical (unpaired) electrons. The van der Waals surface area contributed by atoms with E-state index in [0.717, 1.165) is 61.5 Å². The van der Waals surface area contributed by atoms with Gasteiger partial charge < -0.3 is 15.1 Å². The van der Waals surface area contributed by atoms with Crippen molar-refractivity contribution in [2.45, 2.75) is 59.0 Å². The highest BCUT2D eigenvalue weighted by molar-refractivity contribution is 6.07. The fourth-order valence-corrected chi connectivity index (χ4v) is 4.80. The van der Waals surface area contributed by atoms with Crippen LogP contribution in [0.3, 0.4) is 0 Å². The molecule has 4 rings (SSSR count). The molecule has 160 valence electrons. The average Bonchev–Trinajstić information content (AvgIpc) is 3.04. The van der Waals surface area contributed by atoms with Crippen molar-refractivity contribution >= 4 is 23.2 Å². The molecule has 1 aromatic carbocycles. The van der Waals surface area contributed by atoms with Crippen molar-refractivity contribution in [2.24, 2.45) is 0 Å². The van der Waals surface area contributed by atoms with Gasteiger partial charge in [-0.05, 0) is 70.2 Å². The van der Waals surface area contributed by atoms with Crippen LogP contribution < -0.4 is 15.1 Å². The number of hydrogen-bond donors (Lipinski definition) is 1. The van der Waals surface area contributed by atoms with Gasteiger partial charge in [0.25, 0.3) is 5.91 Å². The van der Waals surface area contributed by atoms with E-state index in [-0.39, 0.29) is 17.9 Å². The van der Waals surface area contributed by atoms with Crippen molar-refractivity contribution in [1.82, 2.24) is 15.1 Å². The van der Waals surface area contributed by atoms with Gasteiger partial charge in [0, 0.05) is 37.9 Å². The van der Waals surface area contributed by atoms with E-state index < -0.39 is 0 Å². The third-order valence-electron chi connectivity index (χ3n) is 6.52. The largest absolute Gasteiger partial charge is 0.358 e. The maximum atomic E-state index is 12.8. The number of piperidine rings is 1. The van der Waals surface area contributed by atoms with E-state index in [1.165, 1.54) is 5.56 Å². The van der Waals surface area contributed by atoms with Crippen LogP contribution in [-0.4, -0.2) is 47.8 Å². The van der Waals surface area contributed by atoms with Gasteiger partial charge in [-0.1, -0.05) is 0 Å². The lowest BCUT2D eigenvalue weighted by molar-refractivity contribution is -0.120. The van der Waals surface area contributed by atoms with E-state index in [1.54, 1.807) is 4.90 Å². The maximum absolute atomic E-state index is 12.8.